The van der Waals surface area contributed by atoms with Crippen LogP contribution in [0.25, 0.3) is 0 Å². The molecule has 1 atom stereocenters. The van der Waals surface area contributed by atoms with E-state index in [1.807, 2.05) is 13.0 Å². The molecule has 0 heterocycles. The predicted molar refractivity (Wildman–Crippen MR) is 107 cm³/mol. The van der Waals surface area contributed by atoms with Gasteiger partial charge in [0.2, 0.25) is 0 Å². The maximum absolute atomic E-state index is 10.2. The number of benzene rings is 1. The highest BCUT2D eigenvalue weighted by atomic mass is 16.3. The molecule has 0 saturated heterocycles. The third-order valence-electron chi connectivity index (χ3n) is 5.29. The monoisotopic (exact) mass is 332 g/mol. The molecular formula is C23H40O. The molecule has 1 nitrogen and oxygen atoms in total. The van der Waals surface area contributed by atoms with E-state index < -0.39 is 0 Å². The Hall–Kier alpha value is -0.980. The van der Waals surface area contributed by atoms with Crippen LogP contribution in [0.15, 0.2) is 18.2 Å². The highest BCUT2D eigenvalue weighted by Gasteiger charge is 2.11. The van der Waals surface area contributed by atoms with Gasteiger partial charge in [-0.2, -0.15) is 0 Å². The summed E-state index contributed by atoms with van der Waals surface area (Å²) in [5.41, 5.74) is 2.12. The van der Waals surface area contributed by atoms with E-state index in [9.17, 15) is 5.11 Å². The Kier molecular flexibility index (Phi) is 11.7. The van der Waals surface area contributed by atoms with Gasteiger partial charge < -0.3 is 5.11 Å². The van der Waals surface area contributed by atoms with Crippen molar-refractivity contribution < 1.29 is 5.11 Å². The van der Waals surface area contributed by atoms with Crippen molar-refractivity contribution in [2.75, 3.05) is 0 Å². The average Bonchev–Trinajstić information content (AvgIpc) is 2.58. The Morgan fingerprint density at radius 2 is 1.29 bits per heavy atom. The Morgan fingerprint density at radius 1 is 0.792 bits per heavy atom. The molecule has 1 N–H and O–H groups in total. The van der Waals surface area contributed by atoms with Crippen LogP contribution in [0.1, 0.15) is 114 Å². The largest absolute Gasteiger partial charge is 0.507 e. The normalized spacial score (nSPS) is 12.5. The summed E-state index contributed by atoms with van der Waals surface area (Å²) in [4.78, 5) is 0. The van der Waals surface area contributed by atoms with Crippen molar-refractivity contribution in [1.29, 1.82) is 0 Å². The third-order valence-corrected chi connectivity index (χ3v) is 5.29. The molecule has 0 spiro atoms. The SMILES string of the molecule is CCCCCCCCCCCCCCC(C)c1cccc(C)c1O. The molecule has 1 aromatic carbocycles. The lowest BCUT2D eigenvalue weighted by atomic mass is 9.92. The van der Waals surface area contributed by atoms with E-state index in [2.05, 4.69) is 26.0 Å². The van der Waals surface area contributed by atoms with Crippen LogP contribution in [0.4, 0.5) is 0 Å². The van der Waals surface area contributed by atoms with Gasteiger partial charge in [-0.3, -0.25) is 0 Å². The first kappa shape index (κ1) is 21.1. The first-order chi connectivity index (χ1) is 11.7. The Balaban J connectivity index is 1.97. The molecule has 1 heteroatoms. The van der Waals surface area contributed by atoms with Crippen molar-refractivity contribution in [3.63, 3.8) is 0 Å². The van der Waals surface area contributed by atoms with E-state index in [1.165, 1.54) is 83.5 Å². The number of hydrogen-bond donors (Lipinski definition) is 1. The predicted octanol–water partition coefficient (Wildman–Crippen LogP) is 7.90. The second-order valence-corrected chi connectivity index (χ2v) is 7.59. The van der Waals surface area contributed by atoms with Gasteiger partial charge in [-0.05, 0) is 30.4 Å². The lowest BCUT2D eigenvalue weighted by Crippen LogP contribution is -1.95. The van der Waals surface area contributed by atoms with E-state index in [-0.39, 0.29) is 0 Å². The van der Waals surface area contributed by atoms with Crippen molar-refractivity contribution in [2.45, 2.75) is 110 Å². The molecule has 0 amide bonds. The fourth-order valence-corrected chi connectivity index (χ4v) is 3.53. The Morgan fingerprint density at radius 3 is 1.83 bits per heavy atom. The molecule has 0 aromatic heterocycles. The summed E-state index contributed by atoms with van der Waals surface area (Å²) in [6.07, 6.45) is 18.0. The van der Waals surface area contributed by atoms with Crippen molar-refractivity contribution in [3.8, 4) is 5.75 Å². The van der Waals surface area contributed by atoms with Crippen LogP contribution in [0.3, 0.4) is 0 Å². The van der Waals surface area contributed by atoms with Crippen LogP contribution in [0.5, 0.6) is 5.75 Å². The van der Waals surface area contributed by atoms with Crippen molar-refractivity contribution >= 4 is 0 Å². The molecule has 0 aliphatic rings. The molecule has 0 bridgehead atoms. The minimum Gasteiger partial charge on any atom is -0.507 e. The highest BCUT2D eigenvalue weighted by molar-refractivity contribution is 5.41. The van der Waals surface area contributed by atoms with Crippen LogP contribution in [0.2, 0.25) is 0 Å². The minimum absolute atomic E-state index is 0.466. The zero-order chi connectivity index (χ0) is 17.6. The minimum atomic E-state index is 0.466. The summed E-state index contributed by atoms with van der Waals surface area (Å²) in [7, 11) is 0. The fourth-order valence-electron chi connectivity index (χ4n) is 3.53. The van der Waals surface area contributed by atoms with E-state index in [0.717, 1.165) is 11.1 Å². The number of rotatable bonds is 14. The number of unbranched alkanes of at least 4 members (excludes halogenated alkanes) is 11. The molecule has 0 radical (unpaired) electrons. The van der Waals surface area contributed by atoms with Crippen LogP contribution in [-0.4, -0.2) is 5.11 Å². The molecule has 138 valence electrons. The summed E-state index contributed by atoms with van der Waals surface area (Å²) < 4.78 is 0. The molecule has 1 unspecified atom stereocenters. The highest BCUT2D eigenvalue weighted by Crippen LogP contribution is 2.31. The molecule has 1 aromatic rings. The smallest absolute Gasteiger partial charge is 0.121 e. The molecule has 0 aliphatic carbocycles. The Labute approximate surface area is 150 Å². The number of phenolic OH excluding ortho intramolecular Hbond substituents is 1. The van der Waals surface area contributed by atoms with Gasteiger partial charge in [0.25, 0.3) is 0 Å². The van der Waals surface area contributed by atoms with Crippen LogP contribution < -0.4 is 0 Å². The topological polar surface area (TPSA) is 20.2 Å². The summed E-state index contributed by atoms with van der Waals surface area (Å²) in [6.45, 7) is 6.51. The van der Waals surface area contributed by atoms with E-state index >= 15 is 0 Å². The van der Waals surface area contributed by atoms with Gasteiger partial charge in [-0.1, -0.05) is 109 Å². The van der Waals surface area contributed by atoms with E-state index in [0.29, 0.717) is 11.7 Å². The average molecular weight is 333 g/mol. The molecule has 0 fully saturated rings. The fraction of sp³-hybridized carbons (Fsp3) is 0.739. The van der Waals surface area contributed by atoms with Gasteiger partial charge in [-0.25, -0.2) is 0 Å². The summed E-state index contributed by atoms with van der Waals surface area (Å²) in [6, 6.07) is 6.12. The lowest BCUT2D eigenvalue weighted by molar-refractivity contribution is 0.453. The number of phenols is 1. The van der Waals surface area contributed by atoms with Gasteiger partial charge in [0.05, 0.1) is 0 Å². The maximum atomic E-state index is 10.2. The number of aromatic hydroxyl groups is 1. The molecule has 1 rings (SSSR count). The van der Waals surface area contributed by atoms with Crippen LogP contribution >= 0.6 is 0 Å². The second kappa shape index (κ2) is 13.3. The number of para-hydroxylation sites is 1. The van der Waals surface area contributed by atoms with Gasteiger partial charge in [-0.15, -0.1) is 0 Å². The van der Waals surface area contributed by atoms with Crippen molar-refractivity contribution in [2.24, 2.45) is 0 Å². The van der Waals surface area contributed by atoms with Crippen LogP contribution in [-0.2, 0) is 0 Å². The van der Waals surface area contributed by atoms with Crippen LogP contribution in [0, 0.1) is 6.92 Å². The summed E-state index contributed by atoms with van der Waals surface area (Å²) in [5.74, 6) is 0.969. The molecule has 24 heavy (non-hydrogen) atoms. The van der Waals surface area contributed by atoms with Gasteiger partial charge in [0.15, 0.2) is 0 Å². The number of hydrogen-bond acceptors (Lipinski definition) is 1. The maximum Gasteiger partial charge on any atom is 0.121 e. The van der Waals surface area contributed by atoms with E-state index in [1.54, 1.807) is 0 Å². The van der Waals surface area contributed by atoms with Gasteiger partial charge >= 0.3 is 0 Å². The zero-order valence-electron chi connectivity index (χ0n) is 16.4. The second-order valence-electron chi connectivity index (χ2n) is 7.59. The number of aryl methyl sites for hydroxylation is 1. The quantitative estimate of drug-likeness (QED) is 0.343. The summed E-state index contributed by atoms with van der Waals surface area (Å²) >= 11 is 0. The molecular weight excluding hydrogens is 292 g/mol. The standard InChI is InChI=1S/C23H40O/c1-4-5-6-7-8-9-10-11-12-13-14-15-17-20(2)22-19-16-18-21(3)23(22)24/h16,18-20,24H,4-15,17H2,1-3H3. The lowest BCUT2D eigenvalue weighted by Gasteiger charge is -2.14. The first-order valence-corrected chi connectivity index (χ1v) is 10.4. The molecule has 0 saturated carbocycles. The van der Waals surface area contributed by atoms with E-state index in [4.69, 9.17) is 0 Å². The Bertz CT molecular complexity index is 424. The molecule has 0 aliphatic heterocycles. The summed E-state index contributed by atoms with van der Waals surface area (Å²) in [5, 5.41) is 10.2. The van der Waals surface area contributed by atoms with Crippen molar-refractivity contribution in [1.82, 2.24) is 0 Å². The van der Waals surface area contributed by atoms with Crippen molar-refractivity contribution in [3.05, 3.63) is 29.3 Å². The van der Waals surface area contributed by atoms with Gasteiger partial charge in [0.1, 0.15) is 5.75 Å². The zero-order valence-corrected chi connectivity index (χ0v) is 16.4. The van der Waals surface area contributed by atoms with Gasteiger partial charge in [0, 0.05) is 0 Å². The first-order valence-electron chi connectivity index (χ1n) is 10.4. The third kappa shape index (κ3) is 8.76.